The Bertz CT molecular complexity index is 659. The Morgan fingerprint density at radius 1 is 1.45 bits per heavy atom. The van der Waals surface area contributed by atoms with Crippen molar-refractivity contribution in [1.29, 1.82) is 5.41 Å². The summed E-state index contributed by atoms with van der Waals surface area (Å²) in [6.45, 7) is 3.08. The fourth-order valence-electron chi connectivity index (χ4n) is 3.10. The fourth-order valence-corrected chi connectivity index (χ4v) is 3.10. The Hall–Kier alpha value is -1.95. The Morgan fingerprint density at radius 2 is 2.25 bits per heavy atom. The summed E-state index contributed by atoms with van der Waals surface area (Å²) in [6.07, 6.45) is 5.48. The Kier molecular flexibility index (Phi) is 3.17. The molecule has 1 aliphatic rings. The van der Waals surface area contributed by atoms with E-state index >= 15 is 0 Å². The van der Waals surface area contributed by atoms with Crippen LogP contribution in [0.5, 0.6) is 0 Å². The number of nitrogens with zero attached hydrogens (tertiary/aromatic N) is 4. The number of pyridine rings is 1. The molecule has 1 fully saturated rings. The van der Waals surface area contributed by atoms with Crippen molar-refractivity contribution in [1.82, 2.24) is 19.4 Å². The van der Waals surface area contributed by atoms with E-state index < -0.39 is 0 Å². The number of nitrogens with two attached hydrogens (primary N) is 1. The van der Waals surface area contributed by atoms with Crippen LogP contribution in [0.2, 0.25) is 0 Å². The van der Waals surface area contributed by atoms with Crippen LogP contribution in [0.4, 0.5) is 0 Å². The standard InChI is InChI=1S/C14H20N6/c1-9-18-14-12(10(13(15)16)6-7-17-14)20(9)11-5-3-4-8-19(11)2/h6-7,11H,3-5,8H2,1-2H3,(H3,15,16). The number of fused-ring (bicyclic) bond motifs is 1. The van der Waals surface area contributed by atoms with Crippen LogP contribution < -0.4 is 5.73 Å². The highest BCUT2D eigenvalue weighted by molar-refractivity contribution is 6.04. The van der Waals surface area contributed by atoms with E-state index in [-0.39, 0.29) is 12.0 Å². The SMILES string of the molecule is Cc1nc2nccc(C(=N)N)c2n1C1CCCCN1C. The summed E-state index contributed by atoms with van der Waals surface area (Å²) in [6, 6.07) is 1.80. The molecule has 3 N–H and O–H groups in total. The molecule has 3 heterocycles. The summed E-state index contributed by atoms with van der Waals surface area (Å²) in [5.74, 6) is 0.997. The number of imidazole rings is 1. The molecule has 20 heavy (non-hydrogen) atoms. The van der Waals surface area contributed by atoms with Gasteiger partial charge in [0.15, 0.2) is 5.65 Å². The maximum atomic E-state index is 7.78. The van der Waals surface area contributed by atoms with E-state index in [1.54, 1.807) is 12.3 Å². The Balaban J connectivity index is 2.23. The number of nitrogen functional groups attached to an aromatic ring is 1. The van der Waals surface area contributed by atoms with Gasteiger partial charge in [-0.25, -0.2) is 9.97 Å². The quantitative estimate of drug-likeness (QED) is 0.643. The highest BCUT2D eigenvalue weighted by Crippen LogP contribution is 2.30. The van der Waals surface area contributed by atoms with Gasteiger partial charge in [-0.1, -0.05) is 0 Å². The van der Waals surface area contributed by atoms with Crippen molar-refractivity contribution in [3.63, 3.8) is 0 Å². The van der Waals surface area contributed by atoms with Crippen molar-refractivity contribution in [2.24, 2.45) is 5.73 Å². The molecule has 3 rings (SSSR count). The number of aryl methyl sites for hydroxylation is 1. The molecule has 2 aromatic rings. The van der Waals surface area contributed by atoms with E-state index in [0.717, 1.165) is 29.9 Å². The van der Waals surface area contributed by atoms with Crippen molar-refractivity contribution >= 4 is 17.0 Å². The van der Waals surface area contributed by atoms with Gasteiger partial charge in [-0.2, -0.15) is 0 Å². The van der Waals surface area contributed by atoms with Crippen LogP contribution in [-0.4, -0.2) is 38.9 Å². The Morgan fingerprint density at radius 3 is 2.95 bits per heavy atom. The second kappa shape index (κ2) is 4.86. The lowest BCUT2D eigenvalue weighted by Crippen LogP contribution is -2.34. The molecule has 0 amide bonds. The van der Waals surface area contributed by atoms with E-state index in [1.807, 2.05) is 6.92 Å². The third kappa shape index (κ3) is 1.96. The molecule has 0 spiro atoms. The minimum absolute atomic E-state index is 0.0667. The van der Waals surface area contributed by atoms with Crippen LogP contribution in [0.1, 0.15) is 36.8 Å². The molecule has 6 heteroatoms. The molecule has 0 bridgehead atoms. The average Bonchev–Trinajstić information content (AvgIpc) is 2.75. The van der Waals surface area contributed by atoms with Crippen molar-refractivity contribution in [3.8, 4) is 0 Å². The van der Waals surface area contributed by atoms with E-state index in [9.17, 15) is 0 Å². The molecule has 1 unspecified atom stereocenters. The second-order valence-electron chi connectivity index (χ2n) is 5.43. The van der Waals surface area contributed by atoms with Gasteiger partial charge < -0.3 is 10.3 Å². The number of nitrogens with one attached hydrogen (secondary N) is 1. The van der Waals surface area contributed by atoms with Crippen molar-refractivity contribution in [3.05, 3.63) is 23.7 Å². The van der Waals surface area contributed by atoms with Gasteiger partial charge in [0.05, 0.1) is 11.7 Å². The number of hydrogen-bond donors (Lipinski definition) is 2. The minimum Gasteiger partial charge on any atom is -0.384 e. The molecule has 106 valence electrons. The zero-order valence-electron chi connectivity index (χ0n) is 11.9. The van der Waals surface area contributed by atoms with E-state index in [4.69, 9.17) is 11.1 Å². The van der Waals surface area contributed by atoms with Gasteiger partial charge in [-0.15, -0.1) is 0 Å². The molecule has 1 aliphatic heterocycles. The van der Waals surface area contributed by atoms with Gasteiger partial charge in [-0.05, 0) is 45.8 Å². The summed E-state index contributed by atoms with van der Waals surface area (Å²) < 4.78 is 2.19. The van der Waals surface area contributed by atoms with E-state index in [0.29, 0.717) is 5.65 Å². The Labute approximate surface area is 118 Å². The van der Waals surface area contributed by atoms with Crippen LogP contribution >= 0.6 is 0 Å². The first-order valence-corrected chi connectivity index (χ1v) is 6.98. The lowest BCUT2D eigenvalue weighted by Gasteiger charge is -2.34. The van der Waals surface area contributed by atoms with Gasteiger partial charge in [-0.3, -0.25) is 10.3 Å². The van der Waals surface area contributed by atoms with Crippen LogP contribution in [0.25, 0.3) is 11.2 Å². The van der Waals surface area contributed by atoms with Crippen molar-refractivity contribution in [2.45, 2.75) is 32.4 Å². The van der Waals surface area contributed by atoms with E-state index in [1.165, 1.54) is 12.8 Å². The topological polar surface area (TPSA) is 83.8 Å². The molecule has 0 aliphatic carbocycles. The third-order valence-corrected chi connectivity index (χ3v) is 4.08. The van der Waals surface area contributed by atoms with Gasteiger partial charge in [0.1, 0.15) is 11.7 Å². The van der Waals surface area contributed by atoms with Crippen LogP contribution in [0.15, 0.2) is 12.3 Å². The number of likely N-dealkylation sites (tertiary alicyclic amines) is 1. The molecule has 1 atom stereocenters. The number of amidine groups is 1. The molecular weight excluding hydrogens is 252 g/mol. The predicted octanol–water partition coefficient (Wildman–Crippen LogP) is 1.64. The molecule has 0 radical (unpaired) electrons. The van der Waals surface area contributed by atoms with Gasteiger partial charge >= 0.3 is 0 Å². The van der Waals surface area contributed by atoms with Crippen LogP contribution in [0.3, 0.4) is 0 Å². The normalized spacial score (nSPS) is 20.4. The number of rotatable bonds is 2. The summed E-state index contributed by atoms with van der Waals surface area (Å²) in [4.78, 5) is 11.2. The van der Waals surface area contributed by atoms with Gasteiger partial charge in [0, 0.05) is 11.8 Å². The molecule has 0 saturated carbocycles. The number of hydrogen-bond acceptors (Lipinski definition) is 4. The third-order valence-electron chi connectivity index (χ3n) is 4.08. The molecule has 6 nitrogen and oxygen atoms in total. The van der Waals surface area contributed by atoms with Gasteiger partial charge in [0.2, 0.25) is 0 Å². The predicted molar refractivity (Wildman–Crippen MR) is 78.8 cm³/mol. The highest BCUT2D eigenvalue weighted by atomic mass is 15.3. The first-order chi connectivity index (χ1) is 9.59. The number of piperidine rings is 1. The zero-order valence-corrected chi connectivity index (χ0v) is 11.9. The van der Waals surface area contributed by atoms with Crippen LogP contribution in [-0.2, 0) is 0 Å². The average molecular weight is 272 g/mol. The van der Waals surface area contributed by atoms with Crippen molar-refractivity contribution in [2.75, 3.05) is 13.6 Å². The fraction of sp³-hybridized carbons (Fsp3) is 0.500. The summed E-state index contributed by atoms with van der Waals surface area (Å²) in [5, 5.41) is 7.78. The lowest BCUT2D eigenvalue weighted by molar-refractivity contribution is 0.129. The molecule has 1 saturated heterocycles. The first kappa shape index (κ1) is 13.1. The first-order valence-electron chi connectivity index (χ1n) is 6.98. The second-order valence-corrected chi connectivity index (χ2v) is 5.43. The maximum absolute atomic E-state index is 7.78. The summed E-state index contributed by atoms with van der Waals surface area (Å²) in [5.41, 5.74) is 8.00. The molecule has 0 aromatic carbocycles. The number of aromatic nitrogens is 3. The summed E-state index contributed by atoms with van der Waals surface area (Å²) in [7, 11) is 2.14. The molecule has 2 aromatic heterocycles. The monoisotopic (exact) mass is 272 g/mol. The lowest BCUT2D eigenvalue weighted by atomic mass is 10.1. The summed E-state index contributed by atoms with van der Waals surface area (Å²) >= 11 is 0. The van der Waals surface area contributed by atoms with Crippen molar-refractivity contribution < 1.29 is 0 Å². The van der Waals surface area contributed by atoms with E-state index in [2.05, 4.69) is 26.5 Å². The van der Waals surface area contributed by atoms with Crippen LogP contribution in [0, 0.1) is 12.3 Å². The largest absolute Gasteiger partial charge is 0.384 e. The van der Waals surface area contributed by atoms with Gasteiger partial charge in [0.25, 0.3) is 0 Å². The minimum atomic E-state index is 0.0667. The maximum Gasteiger partial charge on any atom is 0.178 e. The molecular formula is C14H20N6. The zero-order chi connectivity index (χ0) is 14.3. The smallest absolute Gasteiger partial charge is 0.178 e. The highest BCUT2D eigenvalue weighted by Gasteiger charge is 2.25.